The zero-order valence-electron chi connectivity index (χ0n) is 15.3. The van der Waals surface area contributed by atoms with Gasteiger partial charge in [-0.2, -0.15) is 5.10 Å². The molecule has 0 radical (unpaired) electrons. The Kier molecular flexibility index (Phi) is 6.81. The van der Waals surface area contributed by atoms with Gasteiger partial charge < -0.3 is 4.90 Å². The molecule has 9 heteroatoms. The van der Waals surface area contributed by atoms with Crippen molar-refractivity contribution in [2.24, 2.45) is 5.10 Å². The van der Waals surface area contributed by atoms with Gasteiger partial charge in [0.15, 0.2) is 0 Å². The smallest absolute Gasteiger partial charge is 0.260 e. The summed E-state index contributed by atoms with van der Waals surface area (Å²) >= 11 is 6.06. The van der Waals surface area contributed by atoms with E-state index in [0.29, 0.717) is 0 Å². The van der Waals surface area contributed by atoms with Crippen molar-refractivity contribution in [3.8, 4) is 0 Å². The minimum absolute atomic E-state index is 0.236. The van der Waals surface area contributed by atoms with Gasteiger partial charge in [-0.15, -0.1) is 0 Å². The van der Waals surface area contributed by atoms with Gasteiger partial charge in [0, 0.05) is 19.8 Å². The molecule has 0 fully saturated rings. The van der Waals surface area contributed by atoms with E-state index in [1.807, 2.05) is 43.3 Å². The van der Waals surface area contributed by atoms with Gasteiger partial charge in [-0.3, -0.25) is 9.10 Å². The molecule has 1 N–H and O–H groups in total. The lowest BCUT2D eigenvalue weighted by molar-refractivity contribution is -0.119. The van der Waals surface area contributed by atoms with Gasteiger partial charge in [-0.05, 0) is 29.8 Å². The molecule has 0 spiro atoms. The molecule has 0 aliphatic carbocycles. The van der Waals surface area contributed by atoms with Crippen LogP contribution in [0.2, 0.25) is 5.02 Å². The van der Waals surface area contributed by atoms with Crippen molar-refractivity contribution in [3.05, 3.63) is 59.1 Å². The van der Waals surface area contributed by atoms with Gasteiger partial charge >= 0.3 is 0 Å². The molecule has 0 saturated heterocycles. The van der Waals surface area contributed by atoms with E-state index in [2.05, 4.69) is 10.5 Å². The highest BCUT2D eigenvalue weighted by Crippen LogP contribution is 2.26. The Balaban J connectivity index is 2.05. The molecule has 0 aromatic heterocycles. The molecule has 0 aliphatic rings. The topological polar surface area (TPSA) is 82.1 Å². The summed E-state index contributed by atoms with van der Waals surface area (Å²) in [6, 6.07) is 14.0. The van der Waals surface area contributed by atoms with Crippen LogP contribution in [0.15, 0.2) is 53.6 Å². The quantitative estimate of drug-likeness (QED) is 0.563. The lowest BCUT2D eigenvalue weighted by atomic mass is 10.2. The predicted octanol–water partition coefficient (Wildman–Crippen LogP) is 2.32. The maximum absolute atomic E-state index is 12.1. The fourth-order valence-corrected chi connectivity index (χ4v) is 3.39. The molecule has 2 aromatic rings. The van der Waals surface area contributed by atoms with Crippen molar-refractivity contribution >= 4 is 45.1 Å². The minimum atomic E-state index is -3.69. The maximum atomic E-state index is 12.1. The fraction of sp³-hybridized carbons (Fsp3) is 0.222. The summed E-state index contributed by atoms with van der Waals surface area (Å²) in [5, 5.41) is 4.11. The third-order valence-electron chi connectivity index (χ3n) is 3.62. The van der Waals surface area contributed by atoms with Gasteiger partial charge in [0.2, 0.25) is 10.0 Å². The molecule has 0 bridgehead atoms. The van der Waals surface area contributed by atoms with Crippen molar-refractivity contribution in [2.75, 3.05) is 36.1 Å². The van der Waals surface area contributed by atoms with Crippen molar-refractivity contribution in [3.63, 3.8) is 0 Å². The van der Waals surface area contributed by atoms with Crippen molar-refractivity contribution < 1.29 is 13.2 Å². The first-order chi connectivity index (χ1) is 12.7. The van der Waals surface area contributed by atoms with Crippen molar-refractivity contribution in [1.29, 1.82) is 0 Å². The van der Waals surface area contributed by atoms with E-state index < -0.39 is 22.5 Å². The van der Waals surface area contributed by atoms with Gasteiger partial charge in [0.25, 0.3) is 5.91 Å². The highest BCUT2D eigenvalue weighted by Gasteiger charge is 2.22. The van der Waals surface area contributed by atoms with Crippen molar-refractivity contribution in [1.82, 2.24) is 5.43 Å². The van der Waals surface area contributed by atoms with Crippen LogP contribution in [-0.2, 0) is 14.8 Å². The van der Waals surface area contributed by atoms with E-state index in [1.165, 1.54) is 12.3 Å². The Morgan fingerprint density at radius 1 is 1.15 bits per heavy atom. The number of para-hydroxylation sites is 1. The molecule has 0 saturated carbocycles. The number of carbonyl (C=O) groups excluding carboxylic acids is 1. The molecule has 1 amide bonds. The molecule has 0 aliphatic heterocycles. The monoisotopic (exact) mass is 408 g/mol. The number of nitrogens with one attached hydrogen (secondary N) is 1. The van der Waals surface area contributed by atoms with Crippen LogP contribution < -0.4 is 14.6 Å². The van der Waals surface area contributed by atoms with Crippen LogP contribution in [0.3, 0.4) is 0 Å². The first-order valence-electron chi connectivity index (χ1n) is 8.00. The molecular formula is C18H21ClN4O3S. The average Bonchev–Trinajstić information content (AvgIpc) is 2.60. The Morgan fingerprint density at radius 2 is 1.78 bits per heavy atom. The van der Waals surface area contributed by atoms with Crippen LogP contribution in [-0.4, -0.2) is 47.4 Å². The highest BCUT2D eigenvalue weighted by molar-refractivity contribution is 7.92. The molecule has 27 heavy (non-hydrogen) atoms. The number of benzene rings is 2. The maximum Gasteiger partial charge on any atom is 0.260 e. The van der Waals surface area contributed by atoms with E-state index in [-0.39, 0.29) is 10.7 Å². The van der Waals surface area contributed by atoms with Crippen LogP contribution in [0.25, 0.3) is 0 Å². The summed E-state index contributed by atoms with van der Waals surface area (Å²) < 4.78 is 25.0. The standard InChI is InChI=1S/C18H21ClN4O3S/c1-22(2)15-10-8-14(9-11-15)12-20-21-18(24)13-23(27(3,25)26)17-7-5-4-6-16(17)19/h4-12H,13H2,1-3H3,(H,21,24)/b20-12-. The second kappa shape index (κ2) is 8.88. The van der Waals surface area contributed by atoms with Crippen LogP contribution in [0.4, 0.5) is 11.4 Å². The summed E-state index contributed by atoms with van der Waals surface area (Å²) in [6.45, 7) is -0.431. The molecular weight excluding hydrogens is 388 g/mol. The number of carbonyl (C=O) groups is 1. The van der Waals surface area contributed by atoms with Crippen molar-refractivity contribution in [2.45, 2.75) is 0 Å². The molecule has 2 aromatic carbocycles. The van der Waals surface area contributed by atoms with E-state index >= 15 is 0 Å². The zero-order valence-corrected chi connectivity index (χ0v) is 16.8. The van der Waals surface area contributed by atoms with E-state index in [0.717, 1.165) is 21.8 Å². The molecule has 0 unspecified atom stereocenters. The Hall–Kier alpha value is -2.58. The molecule has 2 rings (SSSR count). The SMILES string of the molecule is CN(C)c1ccc(/C=N\NC(=O)CN(c2ccccc2Cl)S(C)(=O)=O)cc1. The fourth-order valence-electron chi connectivity index (χ4n) is 2.24. The predicted molar refractivity (Wildman–Crippen MR) is 110 cm³/mol. The molecule has 0 atom stereocenters. The number of nitrogens with zero attached hydrogens (tertiary/aromatic N) is 3. The molecule has 7 nitrogen and oxygen atoms in total. The molecule has 0 heterocycles. The van der Waals surface area contributed by atoms with Crippen LogP contribution in [0.1, 0.15) is 5.56 Å². The Bertz CT molecular complexity index is 928. The van der Waals surface area contributed by atoms with E-state index in [1.54, 1.807) is 18.2 Å². The lowest BCUT2D eigenvalue weighted by Crippen LogP contribution is -2.39. The molecule has 144 valence electrons. The normalized spacial score (nSPS) is 11.4. The number of halogens is 1. The highest BCUT2D eigenvalue weighted by atomic mass is 35.5. The number of hydrazone groups is 1. The Labute approximate surface area is 164 Å². The number of amides is 1. The first kappa shape index (κ1) is 20.7. The number of sulfonamides is 1. The second-order valence-corrected chi connectivity index (χ2v) is 8.31. The first-order valence-corrected chi connectivity index (χ1v) is 10.2. The number of hydrogen-bond acceptors (Lipinski definition) is 5. The third kappa shape index (κ3) is 5.97. The van der Waals surface area contributed by atoms with Gasteiger partial charge in [-0.25, -0.2) is 13.8 Å². The number of rotatable bonds is 7. The lowest BCUT2D eigenvalue weighted by Gasteiger charge is -2.22. The largest absolute Gasteiger partial charge is 0.378 e. The zero-order chi connectivity index (χ0) is 20.0. The number of anilines is 2. The van der Waals surface area contributed by atoms with Gasteiger partial charge in [0.1, 0.15) is 6.54 Å². The summed E-state index contributed by atoms with van der Waals surface area (Å²) in [5.41, 5.74) is 4.41. The van der Waals surface area contributed by atoms with E-state index in [4.69, 9.17) is 11.6 Å². The van der Waals surface area contributed by atoms with Crippen LogP contribution >= 0.6 is 11.6 Å². The Morgan fingerprint density at radius 3 is 2.33 bits per heavy atom. The van der Waals surface area contributed by atoms with Gasteiger partial charge in [0.05, 0.1) is 23.2 Å². The average molecular weight is 409 g/mol. The summed E-state index contributed by atoms with van der Waals surface area (Å²) in [4.78, 5) is 14.1. The van der Waals surface area contributed by atoms with Gasteiger partial charge in [-0.1, -0.05) is 35.9 Å². The summed E-state index contributed by atoms with van der Waals surface area (Å²) in [5.74, 6) is -0.582. The minimum Gasteiger partial charge on any atom is -0.378 e. The number of hydrogen-bond donors (Lipinski definition) is 1. The summed E-state index contributed by atoms with van der Waals surface area (Å²) in [6.07, 6.45) is 2.50. The summed E-state index contributed by atoms with van der Waals surface area (Å²) in [7, 11) is 0.187. The second-order valence-electron chi connectivity index (χ2n) is 6.00. The third-order valence-corrected chi connectivity index (χ3v) is 5.07. The van der Waals surface area contributed by atoms with E-state index in [9.17, 15) is 13.2 Å². The van der Waals surface area contributed by atoms with Crippen LogP contribution in [0, 0.1) is 0 Å². The van der Waals surface area contributed by atoms with Crippen LogP contribution in [0.5, 0.6) is 0 Å².